The van der Waals surface area contributed by atoms with E-state index in [-0.39, 0.29) is 0 Å². The van der Waals surface area contributed by atoms with Crippen molar-refractivity contribution >= 4 is 40.8 Å². The van der Waals surface area contributed by atoms with Crippen molar-refractivity contribution in [2.75, 3.05) is 12.4 Å². The van der Waals surface area contributed by atoms with Crippen molar-refractivity contribution in [3.05, 3.63) is 46.6 Å². The highest BCUT2D eigenvalue weighted by molar-refractivity contribution is 7.99. The van der Waals surface area contributed by atoms with Gasteiger partial charge in [-0.15, -0.1) is 0 Å². The maximum atomic E-state index is 5.97. The Morgan fingerprint density at radius 3 is 2.53 bits per heavy atom. The second-order valence-electron chi connectivity index (χ2n) is 3.30. The molecule has 88 valence electrons. The van der Waals surface area contributed by atoms with Crippen molar-refractivity contribution < 1.29 is 0 Å². The van der Waals surface area contributed by atoms with Gasteiger partial charge in [0.15, 0.2) is 0 Å². The van der Waals surface area contributed by atoms with Gasteiger partial charge in [0.1, 0.15) is 5.82 Å². The zero-order valence-corrected chi connectivity index (χ0v) is 11.4. The van der Waals surface area contributed by atoms with Crippen LogP contribution >= 0.6 is 35.0 Å². The Morgan fingerprint density at radius 1 is 1.06 bits per heavy atom. The van der Waals surface area contributed by atoms with Crippen LogP contribution in [0.1, 0.15) is 0 Å². The molecule has 0 bridgehead atoms. The summed E-state index contributed by atoms with van der Waals surface area (Å²) in [7, 11) is 1.84. The predicted molar refractivity (Wildman–Crippen MR) is 74.4 cm³/mol. The molecule has 5 heteroatoms. The molecule has 1 aromatic heterocycles. The Kier molecular flexibility index (Phi) is 4.15. The minimum absolute atomic E-state index is 0.569. The Hall–Kier alpha value is -0.900. The van der Waals surface area contributed by atoms with Crippen LogP contribution in [-0.4, -0.2) is 12.0 Å². The normalized spacial score (nSPS) is 10.3. The first-order chi connectivity index (χ1) is 8.19. The predicted octanol–water partition coefficient (Wildman–Crippen LogP) is 4.58. The van der Waals surface area contributed by atoms with Crippen molar-refractivity contribution in [2.24, 2.45) is 0 Å². The first-order valence-electron chi connectivity index (χ1n) is 4.96. The molecule has 0 unspecified atom stereocenters. The molecule has 0 saturated carbocycles. The van der Waals surface area contributed by atoms with E-state index >= 15 is 0 Å². The lowest BCUT2D eigenvalue weighted by Crippen LogP contribution is -1.90. The van der Waals surface area contributed by atoms with Gasteiger partial charge in [0, 0.05) is 23.0 Å². The fraction of sp³-hybridized carbons (Fsp3) is 0.0833. The number of nitrogens with one attached hydrogen (secondary N) is 1. The number of hydrogen-bond donors (Lipinski definition) is 1. The van der Waals surface area contributed by atoms with E-state index in [2.05, 4.69) is 10.3 Å². The lowest BCUT2D eigenvalue weighted by atomic mass is 10.4. The zero-order valence-electron chi connectivity index (χ0n) is 9.08. The minimum atomic E-state index is 0.569. The highest BCUT2D eigenvalue weighted by atomic mass is 35.5. The summed E-state index contributed by atoms with van der Waals surface area (Å²) in [5.74, 6) is 0.843. The average molecular weight is 285 g/mol. The van der Waals surface area contributed by atoms with E-state index in [1.165, 1.54) is 0 Å². The van der Waals surface area contributed by atoms with Crippen molar-refractivity contribution in [1.29, 1.82) is 0 Å². The van der Waals surface area contributed by atoms with Gasteiger partial charge >= 0.3 is 0 Å². The van der Waals surface area contributed by atoms with Crippen LogP contribution in [0.15, 0.2) is 46.3 Å². The number of rotatable bonds is 3. The maximum absolute atomic E-state index is 5.97. The summed E-state index contributed by atoms with van der Waals surface area (Å²) in [5, 5.41) is 4.14. The first kappa shape index (κ1) is 12.6. The van der Waals surface area contributed by atoms with Gasteiger partial charge in [0.05, 0.1) is 10.0 Å². The Bertz CT molecular complexity index is 532. The van der Waals surface area contributed by atoms with Gasteiger partial charge < -0.3 is 5.32 Å². The summed E-state index contributed by atoms with van der Waals surface area (Å²) >= 11 is 13.5. The van der Waals surface area contributed by atoms with Crippen molar-refractivity contribution in [3.8, 4) is 0 Å². The van der Waals surface area contributed by atoms with Crippen LogP contribution < -0.4 is 5.32 Å². The monoisotopic (exact) mass is 284 g/mol. The van der Waals surface area contributed by atoms with Gasteiger partial charge in [-0.05, 0) is 30.3 Å². The molecule has 0 aliphatic carbocycles. The van der Waals surface area contributed by atoms with Crippen LogP contribution in [0.4, 0.5) is 5.82 Å². The van der Waals surface area contributed by atoms with E-state index < -0.39 is 0 Å². The van der Waals surface area contributed by atoms with E-state index in [0.717, 1.165) is 15.6 Å². The Balaban J connectivity index is 2.22. The highest BCUT2D eigenvalue weighted by Crippen LogP contribution is 2.32. The van der Waals surface area contributed by atoms with E-state index in [4.69, 9.17) is 23.2 Å². The SMILES string of the molecule is CNc1cc(Sc2ccc(Cl)c(Cl)c2)ccn1. The lowest BCUT2D eigenvalue weighted by Gasteiger charge is -2.05. The molecule has 2 rings (SSSR count). The molecule has 2 aromatic rings. The molecule has 17 heavy (non-hydrogen) atoms. The smallest absolute Gasteiger partial charge is 0.126 e. The summed E-state index contributed by atoms with van der Waals surface area (Å²) in [6.07, 6.45) is 1.77. The zero-order chi connectivity index (χ0) is 12.3. The fourth-order valence-electron chi connectivity index (χ4n) is 1.29. The summed E-state index contributed by atoms with van der Waals surface area (Å²) in [4.78, 5) is 6.31. The van der Waals surface area contributed by atoms with Gasteiger partial charge in [0.25, 0.3) is 0 Å². The molecule has 0 amide bonds. The van der Waals surface area contributed by atoms with E-state index in [9.17, 15) is 0 Å². The minimum Gasteiger partial charge on any atom is -0.373 e. The standard InChI is InChI=1S/C12H10Cl2N2S/c1-15-12-7-9(4-5-16-12)17-8-2-3-10(13)11(14)6-8/h2-7H,1H3,(H,15,16). The molecule has 1 heterocycles. The van der Waals surface area contributed by atoms with Crippen LogP contribution in [0.5, 0.6) is 0 Å². The van der Waals surface area contributed by atoms with Crippen molar-refractivity contribution in [3.63, 3.8) is 0 Å². The summed E-state index contributed by atoms with van der Waals surface area (Å²) in [6, 6.07) is 9.53. The largest absolute Gasteiger partial charge is 0.373 e. The molecule has 2 nitrogen and oxygen atoms in total. The molecule has 0 spiro atoms. The van der Waals surface area contributed by atoms with Crippen LogP contribution in [0.25, 0.3) is 0 Å². The van der Waals surface area contributed by atoms with Crippen molar-refractivity contribution in [1.82, 2.24) is 4.98 Å². The molecule has 0 aliphatic rings. The maximum Gasteiger partial charge on any atom is 0.126 e. The Labute approximate surface area is 114 Å². The summed E-state index contributed by atoms with van der Waals surface area (Å²) < 4.78 is 0. The number of hydrogen-bond acceptors (Lipinski definition) is 3. The third-order valence-electron chi connectivity index (χ3n) is 2.11. The molecule has 0 radical (unpaired) electrons. The Morgan fingerprint density at radius 2 is 1.82 bits per heavy atom. The van der Waals surface area contributed by atoms with E-state index in [0.29, 0.717) is 10.0 Å². The number of aromatic nitrogens is 1. The quantitative estimate of drug-likeness (QED) is 0.893. The van der Waals surface area contributed by atoms with Crippen LogP contribution in [0.2, 0.25) is 10.0 Å². The number of benzene rings is 1. The van der Waals surface area contributed by atoms with E-state index in [1.54, 1.807) is 24.0 Å². The molecule has 1 N–H and O–H groups in total. The third-order valence-corrected chi connectivity index (χ3v) is 3.83. The van der Waals surface area contributed by atoms with Crippen LogP contribution in [0, 0.1) is 0 Å². The lowest BCUT2D eigenvalue weighted by molar-refractivity contribution is 1.23. The molecular formula is C12H10Cl2N2S. The van der Waals surface area contributed by atoms with Gasteiger partial charge in [-0.1, -0.05) is 35.0 Å². The number of nitrogens with zero attached hydrogens (tertiary/aromatic N) is 1. The van der Waals surface area contributed by atoms with Gasteiger partial charge in [-0.2, -0.15) is 0 Å². The highest BCUT2D eigenvalue weighted by Gasteiger charge is 2.02. The molecule has 0 saturated heterocycles. The number of pyridine rings is 1. The molecule has 0 aliphatic heterocycles. The summed E-state index contributed by atoms with van der Waals surface area (Å²) in [6.45, 7) is 0. The van der Waals surface area contributed by atoms with Gasteiger partial charge in [0.2, 0.25) is 0 Å². The van der Waals surface area contributed by atoms with Crippen molar-refractivity contribution in [2.45, 2.75) is 9.79 Å². The topological polar surface area (TPSA) is 24.9 Å². The van der Waals surface area contributed by atoms with Crippen LogP contribution in [-0.2, 0) is 0 Å². The molecule has 0 atom stereocenters. The first-order valence-corrected chi connectivity index (χ1v) is 6.53. The molecule has 1 aromatic carbocycles. The second kappa shape index (κ2) is 5.63. The van der Waals surface area contributed by atoms with E-state index in [1.807, 2.05) is 31.3 Å². The van der Waals surface area contributed by atoms with Crippen LogP contribution in [0.3, 0.4) is 0 Å². The average Bonchev–Trinajstić information content (AvgIpc) is 2.34. The fourth-order valence-corrected chi connectivity index (χ4v) is 2.54. The number of anilines is 1. The molecular weight excluding hydrogens is 275 g/mol. The second-order valence-corrected chi connectivity index (χ2v) is 5.27. The summed E-state index contributed by atoms with van der Waals surface area (Å²) in [5.41, 5.74) is 0. The molecule has 0 fully saturated rings. The van der Waals surface area contributed by atoms with Gasteiger partial charge in [-0.25, -0.2) is 4.98 Å². The third kappa shape index (κ3) is 3.28. The number of halogens is 2. The van der Waals surface area contributed by atoms with Gasteiger partial charge in [-0.3, -0.25) is 0 Å².